The summed E-state index contributed by atoms with van der Waals surface area (Å²) >= 11 is 0. The highest BCUT2D eigenvalue weighted by molar-refractivity contribution is 6.03. The number of amides is 1. The molecule has 3 N–H and O–H groups in total. The fraction of sp³-hybridized carbons (Fsp3) is 0.154. The van der Waals surface area contributed by atoms with Crippen LogP contribution in [0.1, 0.15) is 22.5 Å². The number of aliphatic hydroxyl groups excluding tert-OH is 1. The monoisotopic (exact) mass is 256 g/mol. The summed E-state index contributed by atoms with van der Waals surface area (Å²) < 4.78 is 0. The van der Waals surface area contributed by atoms with E-state index in [1.54, 1.807) is 18.2 Å². The average Bonchev–Trinajstić information content (AvgIpc) is 2.93. The van der Waals surface area contributed by atoms with E-state index >= 15 is 0 Å². The predicted molar refractivity (Wildman–Crippen MR) is 69.4 cm³/mol. The van der Waals surface area contributed by atoms with Gasteiger partial charge in [-0.25, -0.2) is 4.98 Å². The summed E-state index contributed by atoms with van der Waals surface area (Å²) in [6.07, 6.45) is 3.33. The second kappa shape index (κ2) is 6.33. The number of hydrogen-bond donors (Lipinski definition) is 3. The van der Waals surface area contributed by atoms with E-state index < -0.39 is 0 Å². The topological polar surface area (TPSA) is 90.9 Å². The molecule has 0 saturated heterocycles. The first kappa shape index (κ1) is 12.8. The molecule has 0 aliphatic heterocycles. The molecule has 6 nitrogen and oxygen atoms in total. The first-order valence-corrected chi connectivity index (χ1v) is 5.66. The molecule has 2 rings (SSSR count). The highest BCUT2D eigenvalue weighted by atomic mass is 16.2. The van der Waals surface area contributed by atoms with Gasteiger partial charge in [0.05, 0.1) is 18.4 Å². The number of aliphatic hydroxyl groups is 1. The number of carbonyl (C=O) groups is 1. The van der Waals surface area contributed by atoms with Crippen LogP contribution in [-0.4, -0.2) is 32.8 Å². The molecular formula is C13H12N4O2. The lowest BCUT2D eigenvalue weighted by Crippen LogP contribution is -2.12. The van der Waals surface area contributed by atoms with Gasteiger partial charge in [0, 0.05) is 12.6 Å². The van der Waals surface area contributed by atoms with Crippen LogP contribution in [0.15, 0.2) is 30.6 Å². The maximum Gasteiger partial charge on any atom is 0.259 e. The second-order valence-corrected chi connectivity index (χ2v) is 3.62. The van der Waals surface area contributed by atoms with Crippen LogP contribution in [0.5, 0.6) is 0 Å². The van der Waals surface area contributed by atoms with Crippen LogP contribution < -0.4 is 5.32 Å². The van der Waals surface area contributed by atoms with Crippen molar-refractivity contribution in [2.24, 2.45) is 0 Å². The smallest absolute Gasteiger partial charge is 0.259 e. The normalized spacial score (nSPS) is 9.53. The van der Waals surface area contributed by atoms with Crippen molar-refractivity contribution in [3.63, 3.8) is 0 Å². The highest BCUT2D eigenvalue weighted by Crippen LogP contribution is 2.06. The lowest BCUT2D eigenvalue weighted by Gasteiger charge is -2.02. The maximum absolute atomic E-state index is 11.8. The van der Waals surface area contributed by atoms with Crippen LogP contribution in [0.25, 0.3) is 0 Å². The molecule has 2 heterocycles. The van der Waals surface area contributed by atoms with Crippen molar-refractivity contribution in [2.45, 2.75) is 6.42 Å². The fourth-order valence-corrected chi connectivity index (χ4v) is 1.35. The number of nitrogens with zero attached hydrogens (tertiary/aromatic N) is 2. The molecule has 0 fully saturated rings. The highest BCUT2D eigenvalue weighted by Gasteiger charge is 2.07. The molecule has 96 valence electrons. The Hall–Kier alpha value is -2.65. The molecule has 19 heavy (non-hydrogen) atoms. The van der Waals surface area contributed by atoms with E-state index in [-0.39, 0.29) is 12.5 Å². The molecule has 2 aromatic heterocycles. The Kier molecular flexibility index (Phi) is 4.26. The van der Waals surface area contributed by atoms with Gasteiger partial charge in [-0.15, -0.1) is 0 Å². The molecule has 0 saturated carbocycles. The summed E-state index contributed by atoms with van der Waals surface area (Å²) in [7, 11) is 0. The van der Waals surface area contributed by atoms with Gasteiger partial charge >= 0.3 is 0 Å². The number of H-pyrrole nitrogens is 1. The van der Waals surface area contributed by atoms with Gasteiger partial charge in [-0.2, -0.15) is 5.10 Å². The fourth-order valence-electron chi connectivity index (χ4n) is 1.35. The van der Waals surface area contributed by atoms with E-state index in [1.165, 1.54) is 12.4 Å². The van der Waals surface area contributed by atoms with Crippen molar-refractivity contribution in [3.05, 3.63) is 41.9 Å². The van der Waals surface area contributed by atoms with E-state index in [0.29, 0.717) is 23.5 Å². The Bertz CT molecular complexity index is 611. The SMILES string of the molecule is O=C(Nc1cccc(C#CCCO)n1)c1cn[nH]c1. The first-order valence-electron chi connectivity index (χ1n) is 5.66. The molecule has 0 aliphatic carbocycles. The summed E-state index contributed by atoms with van der Waals surface area (Å²) in [6, 6.07) is 5.16. The van der Waals surface area contributed by atoms with Crippen LogP contribution in [0.4, 0.5) is 5.82 Å². The zero-order valence-electron chi connectivity index (χ0n) is 10.1. The third kappa shape index (κ3) is 3.66. The number of aromatic amines is 1. The number of hydrogen-bond acceptors (Lipinski definition) is 4. The van der Waals surface area contributed by atoms with Gasteiger partial charge in [0.15, 0.2) is 0 Å². The molecule has 0 unspecified atom stereocenters. The average molecular weight is 256 g/mol. The summed E-state index contributed by atoms with van der Waals surface area (Å²) in [5.41, 5.74) is 0.969. The lowest BCUT2D eigenvalue weighted by molar-refractivity contribution is 0.102. The summed E-state index contributed by atoms with van der Waals surface area (Å²) in [5.74, 6) is 5.70. The number of aromatic nitrogens is 3. The molecule has 2 aromatic rings. The minimum absolute atomic E-state index is 0.0178. The third-order valence-corrected chi connectivity index (χ3v) is 2.20. The largest absolute Gasteiger partial charge is 0.395 e. The number of pyridine rings is 1. The number of carbonyl (C=O) groups excluding carboxylic acids is 1. The Balaban J connectivity index is 2.07. The van der Waals surface area contributed by atoms with Crippen LogP contribution in [0, 0.1) is 11.8 Å². The van der Waals surface area contributed by atoms with Gasteiger partial charge in [-0.05, 0) is 18.1 Å². The Morgan fingerprint density at radius 2 is 2.37 bits per heavy atom. The summed E-state index contributed by atoms with van der Waals surface area (Å²) in [4.78, 5) is 15.9. The van der Waals surface area contributed by atoms with E-state index in [1.807, 2.05) is 0 Å². The van der Waals surface area contributed by atoms with Gasteiger partial charge in [0.1, 0.15) is 11.5 Å². The van der Waals surface area contributed by atoms with Crippen molar-refractivity contribution in [1.29, 1.82) is 0 Å². The number of nitrogens with one attached hydrogen (secondary N) is 2. The zero-order valence-corrected chi connectivity index (χ0v) is 10.1. The number of rotatable bonds is 3. The Labute approximate surface area is 109 Å². The van der Waals surface area contributed by atoms with Gasteiger partial charge in [0.2, 0.25) is 0 Å². The van der Waals surface area contributed by atoms with Gasteiger partial charge in [-0.1, -0.05) is 12.0 Å². The zero-order chi connectivity index (χ0) is 13.5. The van der Waals surface area contributed by atoms with Gasteiger partial charge in [0.25, 0.3) is 5.91 Å². The summed E-state index contributed by atoms with van der Waals surface area (Å²) in [6.45, 7) is 0.0178. The molecule has 1 amide bonds. The van der Waals surface area contributed by atoms with E-state index in [0.717, 1.165) is 0 Å². The first-order chi connectivity index (χ1) is 9.29. The summed E-state index contributed by atoms with van der Waals surface area (Å²) in [5, 5.41) is 17.5. The van der Waals surface area contributed by atoms with Crippen molar-refractivity contribution in [2.75, 3.05) is 11.9 Å². The van der Waals surface area contributed by atoms with Gasteiger partial charge < -0.3 is 10.4 Å². The lowest BCUT2D eigenvalue weighted by atomic mass is 10.3. The third-order valence-electron chi connectivity index (χ3n) is 2.20. The van der Waals surface area contributed by atoms with E-state index in [4.69, 9.17) is 5.11 Å². The maximum atomic E-state index is 11.8. The molecule has 0 spiro atoms. The van der Waals surface area contributed by atoms with Crippen molar-refractivity contribution >= 4 is 11.7 Å². The van der Waals surface area contributed by atoms with Crippen LogP contribution in [0.2, 0.25) is 0 Å². The molecule has 0 aliphatic rings. The van der Waals surface area contributed by atoms with Crippen LogP contribution in [-0.2, 0) is 0 Å². The number of anilines is 1. The van der Waals surface area contributed by atoms with Gasteiger partial charge in [-0.3, -0.25) is 9.89 Å². The van der Waals surface area contributed by atoms with Crippen LogP contribution >= 0.6 is 0 Å². The quantitative estimate of drug-likeness (QED) is 0.708. The Morgan fingerprint density at radius 3 is 3.11 bits per heavy atom. The standard InChI is InChI=1S/C13H12N4O2/c18-7-2-1-4-11-5-3-6-12(16-11)17-13(19)10-8-14-15-9-10/h3,5-6,8-9,18H,2,7H2,(H,14,15)(H,16,17,19). The van der Waals surface area contributed by atoms with E-state index in [2.05, 4.69) is 32.3 Å². The molecular weight excluding hydrogens is 244 g/mol. The molecule has 0 atom stereocenters. The van der Waals surface area contributed by atoms with Crippen molar-refractivity contribution in [1.82, 2.24) is 15.2 Å². The minimum Gasteiger partial charge on any atom is -0.395 e. The second-order valence-electron chi connectivity index (χ2n) is 3.62. The molecule has 0 radical (unpaired) electrons. The molecule has 6 heteroatoms. The molecule has 0 aromatic carbocycles. The Morgan fingerprint density at radius 1 is 1.47 bits per heavy atom. The van der Waals surface area contributed by atoms with Crippen LogP contribution in [0.3, 0.4) is 0 Å². The van der Waals surface area contributed by atoms with Crippen molar-refractivity contribution < 1.29 is 9.90 Å². The predicted octanol–water partition coefficient (Wildman–Crippen LogP) is 0.791. The minimum atomic E-state index is -0.290. The molecule has 0 bridgehead atoms. The van der Waals surface area contributed by atoms with E-state index in [9.17, 15) is 4.79 Å². The van der Waals surface area contributed by atoms with Crippen molar-refractivity contribution in [3.8, 4) is 11.8 Å².